The maximum absolute atomic E-state index is 13.9. The molecule has 1 aromatic rings. The van der Waals surface area contributed by atoms with Crippen LogP contribution >= 0.6 is 27.5 Å². The summed E-state index contributed by atoms with van der Waals surface area (Å²) in [5, 5.41) is 4.04. The third kappa shape index (κ3) is 7.12. The molecule has 1 N–H and O–H groups in total. The van der Waals surface area contributed by atoms with Gasteiger partial charge < -0.3 is 5.32 Å². The Bertz CT molecular complexity index is 460. The number of benzene rings is 1. The fourth-order valence-electron chi connectivity index (χ4n) is 2.17. The van der Waals surface area contributed by atoms with Crippen molar-refractivity contribution in [1.29, 1.82) is 0 Å². The summed E-state index contributed by atoms with van der Waals surface area (Å²) in [7, 11) is 0. The predicted molar refractivity (Wildman–Crippen MR) is 93.5 cm³/mol. The summed E-state index contributed by atoms with van der Waals surface area (Å²) in [6, 6.07) is 3.18. The van der Waals surface area contributed by atoms with Gasteiger partial charge in [-0.2, -0.15) is 0 Å². The third-order valence-corrected chi connectivity index (χ3v) is 4.89. The van der Waals surface area contributed by atoms with Gasteiger partial charge in [0.05, 0.1) is 5.02 Å². The molecule has 0 fully saturated rings. The van der Waals surface area contributed by atoms with Gasteiger partial charge in [0.1, 0.15) is 5.82 Å². The minimum Gasteiger partial charge on any atom is -0.316 e. The Labute approximate surface area is 141 Å². The van der Waals surface area contributed by atoms with E-state index in [1.54, 1.807) is 6.07 Å². The molecule has 21 heavy (non-hydrogen) atoms. The van der Waals surface area contributed by atoms with E-state index < -0.39 is 0 Å². The highest BCUT2D eigenvalue weighted by Crippen LogP contribution is 2.30. The van der Waals surface area contributed by atoms with Crippen LogP contribution in [0.4, 0.5) is 4.39 Å². The van der Waals surface area contributed by atoms with Crippen LogP contribution in [0.3, 0.4) is 0 Å². The molecular formula is C17H26BrClFN. The van der Waals surface area contributed by atoms with E-state index in [1.807, 2.05) is 0 Å². The fourth-order valence-corrected chi connectivity index (χ4v) is 2.67. The summed E-state index contributed by atoms with van der Waals surface area (Å²) in [5.41, 5.74) is 0.891. The van der Waals surface area contributed by atoms with Crippen molar-refractivity contribution in [2.45, 2.75) is 47.0 Å². The molecule has 0 radical (unpaired) electrons. The average molecular weight is 379 g/mol. The van der Waals surface area contributed by atoms with Crippen LogP contribution in [0.15, 0.2) is 16.6 Å². The number of hydrogen-bond acceptors (Lipinski definition) is 1. The maximum Gasteiger partial charge on any atom is 0.127 e. The van der Waals surface area contributed by atoms with E-state index in [0.717, 1.165) is 32.4 Å². The number of rotatable bonds is 8. The van der Waals surface area contributed by atoms with Gasteiger partial charge in [0.2, 0.25) is 0 Å². The zero-order chi connectivity index (χ0) is 16.0. The van der Waals surface area contributed by atoms with Crippen LogP contribution in [0.25, 0.3) is 0 Å². The first kappa shape index (κ1) is 18.9. The van der Waals surface area contributed by atoms with E-state index in [1.165, 1.54) is 6.07 Å². The van der Waals surface area contributed by atoms with Gasteiger partial charge in [-0.25, -0.2) is 4.39 Å². The molecule has 1 aromatic carbocycles. The Morgan fingerprint density at radius 3 is 2.57 bits per heavy atom. The lowest BCUT2D eigenvalue weighted by Gasteiger charge is -2.25. The van der Waals surface area contributed by atoms with Crippen molar-refractivity contribution >= 4 is 27.5 Å². The van der Waals surface area contributed by atoms with Crippen molar-refractivity contribution in [2.24, 2.45) is 11.3 Å². The molecule has 0 unspecified atom stereocenters. The van der Waals surface area contributed by atoms with Crippen molar-refractivity contribution in [3.63, 3.8) is 0 Å². The monoisotopic (exact) mass is 377 g/mol. The van der Waals surface area contributed by atoms with Crippen LogP contribution in [0.5, 0.6) is 0 Å². The maximum atomic E-state index is 13.9. The van der Waals surface area contributed by atoms with E-state index in [0.29, 0.717) is 21.0 Å². The molecule has 0 bridgehead atoms. The van der Waals surface area contributed by atoms with E-state index in [2.05, 4.69) is 48.9 Å². The molecule has 0 heterocycles. The third-order valence-electron chi connectivity index (χ3n) is 3.69. The smallest absolute Gasteiger partial charge is 0.127 e. The van der Waals surface area contributed by atoms with Crippen LogP contribution in [0.1, 0.15) is 46.1 Å². The molecule has 4 heteroatoms. The topological polar surface area (TPSA) is 12.0 Å². The van der Waals surface area contributed by atoms with E-state index in [-0.39, 0.29) is 11.2 Å². The highest BCUT2D eigenvalue weighted by Gasteiger charge is 2.18. The van der Waals surface area contributed by atoms with E-state index >= 15 is 0 Å². The molecule has 1 nitrogen and oxygen atoms in total. The standard InChI is InChI=1S/C17H26BrClFN/c1-12(2)11-21-8-7-17(3,4)6-5-13-9-15(19)14(18)10-16(13)20/h9-10,12,21H,5-8,11H2,1-4H3. The molecule has 0 aliphatic carbocycles. The number of halogens is 3. The van der Waals surface area contributed by atoms with Gasteiger partial charge in [0.15, 0.2) is 0 Å². The molecule has 1 rings (SSSR count). The Kier molecular flexibility index (Phi) is 7.66. The molecule has 120 valence electrons. The Morgan fingerprint density at radius 1 is 1.29 bits per heavy atom. The van der Waals surface area contributed by atoms with Crippen molar-refractivity contribution in [3.05, 3.63) is 33.0 Å². The Morgan fingerprint density at radius 2 is 1.95 bits per heavy atom. The van der Waals surface area contributed by atoms with Crippen LogP contribution in [0, 0.1) is 17.2 Å². The van der Waals surface area contributed by atoms with Gasteiger partial charge in [0, 0.05) is 4.47 Å². The fraction of sp³-hybridized carbons (Fsp3) is 0.647. The minimum atomic E-state index is -0.181. The summed E-state index contributed by atoms with van der Waals surface area (Å²) in [6.07, 6.45) is 2.76. The van der Waals surface area contributed by atoms with Gasteiger partial charge in [-0.05, 0) is 77.3 Å². The zero-order valence-electron chi connectivity index (χ0n) is 13.4. The molecule has 0 atom stereocenters. The summed E-state index contributed by atoms with van der Waals surface area (Å²) in [5.74, 6) is 0.493. The first-order valence-electron chi connectivity index (χ1n) is 7.55. The van der Waals surface area contributed by atoms with Gasteiger partial charge in [-0.3, -0.25) is 0 Å². The van der Waals surface area contributed by atoms with Crippen LogP contribution in [-0.2, 0) is 6.42 Å². The highest BCUT2D eigenvalue weighted by molar-refractivity contribution is 9.10. The summed E-state index contributed by atoms with van der Waals surface area (Å²) >= 11 is 9.29. The summed E-state index contributed by atoms with van der Waals surface area (Å²) < 4.78 is 14.5. The van der Waals surface area contributed by atoms with Gasteiger partial charge in [-0.1, -0.05) is 39.3 Å². The molecule has 0 saturated heterocycles. The molecule has 0 aliphatic rings. The van der Waals surface area contributed by atoms with E-state index in [9.17, 15) is 4.39 Å². The van der Waals surface area contributed by atoms with Gasteiger partial charge in [-0.15, -0.1) is 0 Å². The summed E-state index contributed by atoms with van der Waals surface area (Å²) in [6.45, 7) is 10.9. The van der Waals surface area contributed by atoms with Crippen molar-refractivity contribution in [2.75, 3.05) is 13.1 Å². The molecular weight excluding hydrogens is 353 g/mol. The molecule has 0 amide bonds. The number of aryl methyl sites for hydroxylation is 1. The van der Waals surface area contributed by atoms with E-state index in [4.69, 9.17) is 11.6 Å². The molecule has 0 saturated carbocycles. The van der Waals surface area contributed by atoms with Crippen LogP contribution in [-0.4, -0.2) is 13.1 Å². The Hall–Kier alpha value is -0.120. The van der Waals surface area contributed by atoms with Crippen molar-refractivity contribution < 1.29 is 4.39 Å². The second-order valence-electron chi connectivity index (χ2n) is 6.87. The lowest BCUT2D eigenvalue weighted by molar-refractivity contribution is 0.298. The second-order valence-corrected chi connectivity index (χ2v) is 8.13. The molecule has 0 aliphatic heterocycles. The lowest BCUT2D eigenvalue weighted by atomic mass is 9.83. The van der Waals surface area contributed by atoms with Crippen molar-refractivity contribution in [3.8, 4) is 0 Å². The number of nitrogens with one attached hydrogen (secondary N) is 1. The molecule has 0 aromatic heterocycles. The van der Waals surface area contributed by atoms with Gasteiger partial charge >= 0.3 is 0 Å². The molecule has 0 spiro atoms. The van der Waals surface area contributed by atoms with Crippen LogP contribution < -0.4 is 5.32 Å². The highest BCUT2D eigenvalue weighted by atomic mass is 79.9. The van der Waals surface area contributed by atoms with Crippen LogP contribution in [0.2, 0.25) is 5.02 Å². The number of hydrogen-bond donors (Lipinski definition) is 1. The SMILES string of the molecule is CC(C)CNCCC(C)(C)CCc1cc(Cl)c(Br)cc1F. The second kappa shape index (κ2) is 8.50. The largest absolute Gasteiger partial charge is 0.316 e. The minimum absolute atomic E-state index is 0.181. The van der Waals surface area contributed by atoms with Crippen molar-refractivity contribution in [1.82, 2.24) is 5.32 Å². The normalized spacial score (nSPS) is 12.2. The predicted octanol–water partition coefficient (Wildman–Crippen LogP) is 5.84. The first-order chi connectivity index (χ1) is 9.71. The average Bonchev–Trinajstić information content (AvgIpc) is 2.37. The summed E-state index contributed by atoms with van der Waals surface area (Å²) in [4.78, 5) is 0. The Balaban J connectivity index is 2.47. The van der Waals surface area contributed by atoms with Gasteiger partial charge in [0.25, 0.3) is 0 Å². The quantitative estimate of drug-likeness (QED) is 0.443. The zero-order valence-corrected chi connectivity index (χ0v) is 15.7. The lowest BCUT2D eigenvalue weighted by Crippen LogP contribution is -2.25. The first-order valence-corrected chi connectivity index (χ1v) is 8.72.